The lowest BCUT2D eigenvalue weighted by molar-refractivity contribution is -0.140. The largest absolute Gasteiger partial charge is 0.419 e. The number of ketones is 1. The molecule has 0 amide bonds. The lowest BCUT2D eigenvalue weighted by atomic mass is 9.81. The SMILES string of the molecule is CCC(C)(C)C(=O)c1ccc(F)c(C(F)(F)F)c1. The van der Waals surface area contributed by atoms with Crippen molar-refractivity contribution in [2.75, 3.05) is 0 Å². The Kier molecular flexibility index (Phi) is 3.84. The minimum absolute atomic E-state index is 0.115. The number of alkyl halides is 3. The normalized spacial score (nSPS) is 12.6. The van der Waals surface area contributed by atoms with Crippen LogP contribution in [0.3, 0.4) is 0 Å². The third-order valence-corrected chi connectivity index (χ3v) is 3.03. The van der Waals surface area contributed by atoms with E-state index >= 15 is 0 Å². The van der Waals surface area contributed by atoms with Crippen molar-refractivity contribution < 1.29 is 22.4 Å². The van der Waals surface area contributed by atoms with Crippen molar-refractivity contribution in [3.05, 3.63) is 35.1 Å². The average Bonchev–Trinajstić information content (AvgIpc) is 2.27. The van der Waals surface area contributed by atoms with Gasteiger partial charge in [-0.3, -0.25) is 4.79 Å². The molecule has 0 saturated heterocycles. The molecule has 0 N–H and O–H groups in total. The molecular formula is C13H14F4O. The van der Waals surface area contributed by atoms with Gasteiger partial charge >= 0.3 is 6.18 Å². The Hall–Kier alpha value is -1.39. The Morgan fingerprint density at radius 3 is 2.22 bits per heavy atom. The Bertz CT molecular complexity index is 461. The number of benzene rings is 1. The van der Waals surface area contributed by atoms with Gasteiger partial charge in [0.2, 0.25) is 0 Å². The molecule has 0 aliphatic rings. The first-order valence-corrected chi connectivity index (χ1v) is 5.51. The molecule has 1 aromatic carbocycles. The summed E-state index contributed by atoms with van der Waals surface area (Å²) in [6, 6.07) is 2.35. The highest BCUT2D eigenvalue weighted by molar-refractivity contribution is 6.00. The molecule has 0 unspecified atom stereocenters. The summed E-state index contributed by atoms with van der Waals surface area (Å²) in [5.41, 5.74) is -2.28. The molecule has 18 heavy (non-hydrogen) atoms. The van der Waals surface area contributed by atoms with E-state index in [4.69, 9.17) is 0 Å². The van der Waals surface area contributed by atoms with Crippen LogP contribution in [0.2, 0.25) is 0 Å². The van der Waals surface area contributed by atoms with Crippen molar-refractivity contribution in [1.82, 2.24) is 0 Å². The van der Waals surface area contributed by atoms with Crippen LogP contribution in [0.15, 0.2) is 18.2 Å². The Morgan fingerprint density at radius 1 is 1.22 bits per heavy atom. The first kappa shape index (κ1) is 14.7. The zero-order valence-corrected chi connectivity index (χ0v) is 10.4. The summed E-state index contributed by atoms with van der Waals surface area (Å²) in [6.45, 7) is 5.06. The summed E-state index contributed by atoms with van der Waals surface area (Å²) in [6.07, 6.45) is -4.30. The van der Waals surface area contributed by atoms with Gasteiger partial charge in [-0.2, -0.15) is 13.2 Å². The van der Waals surface area contributed by atoms with Crippen molar-refractivity contribution in [3.8, 4) is 0 Å². The fraction of sp³-hybridized carbons (Fsp3) is 0.462. The molecule has 1 rings (SSSR count). The van der Waals surface area contributed by atoms with E-state index in [1.807, 2.05) is 0 Å². The van der Waals surface area contributed by atoms with E-state index in [-0.39, 0.29) is 5.56 Å². The van der Waals surface area contributed by atoms with Gasteiger partial charge in [-0.1, -0.05) is 20.8 Å². The van der Waals surface area contributed by atoms with E-state index < -0.39 is 28.8 Å². The lowest BCUT2D eigenvalue weighted by Gasteiger charge is -2.21. The number of halogens is 4. The minimum Gasteiger partial charge on any atom is -0.294 e. The molecule has 0 saturated carbocycles. The number of hydrogen-bond acceptors (Lipinski definition) is 1. The van der Waals surface area contributed by atoms with Crippen molar-refractivity contribution in [2.24, 2.45) is 5.41 Å². The predicted molar refractivity (Wildman–Crippen MR) is 59.8 cm³/mol. The molecule has 0 aliphatic carbocycles. The molecular weight excluding hydrogens is 248 g/mol. The maximum atomic E-state index is 13.1. The van der Waals surface area contributed by atoms with E-state index in [0.717, 1.165) is 6.07 Å². The zero-order valence-electron chi connectivity index (χ0n) is 10.4. The van der Waals surface area contributed by atoms with Gasteiger partial charge in [0.05, 0.1) is 5.56 Å². The first-order valence-electron chi connectivity index (χ1n) is 5.51. The van der Waals surface area contributed by atoms with Gasteiger partial charge in [-0.15, -0.1) is 0 Å². The van der Waals surface area contributed by atoms with Crippen LogP contribution in [-0.4, -0.2) is 5.78 Å². The van der Waals surface area contributed by atoms with E-state index in [2.05, 4.69) is 0 Å². The average molecular weight is 262 g/mol. The zero-order chi connectivity index (χ0) is 14.1. The monoisotopic (exact) mass is 262 g/mol. The van der Waals surface area contributed by atoms with Crippen LogP contribution in [0.4, 0.5) is 17.6 Å². The third kappa shape index (κ3) is 2.89. The molecule has 0 atom stereocenters. The molecule has 0 heterocycles. The van der Waals surface area contributed by atoms with E-state index in [1.165, 1.54) is 0 Å². The van der Waals surface area contributed by atoms with Gasteiger partial charge in [-0.05, 0) is 24.6 Å². The van der Waals surface area contributed by atoms with Gasteiger partial charge < -0.3 is 0 Å². The summed E-state index contributed by atoms with van der Waals surface area (Å²) in [5.74, 6) is -1.79. The molecule has 0 spiro atoms. The Morgan fingerprint density at radius 2 is 1.78 bits per heavy atom. The third-order valence-electron chi connectivity index (χ3n) is 3.03. The number of carbonyl (C=O) groups excluding carboxylic acids is 1. The van der Waals surface area contributed by atoms with E-state index in [9.17, 15) is 22.4 Å². The molecule has 0 bridgehead atoms. The molecule has 100 valence electrons. The molecule has 1 nitrogen and oxygen atoms in total. The first-order chi connectivity index (χ1) is 8.09. The fourth-order valence-electron chi connectivity index (χ4n) is 1.44. The minimum atomic E-state index is -4.79. The van der Waals surface area contributed by atoms with E-state index in [1.54, 1.807) is 20.8 Å². The second-order valence-corrected chi connectivity index (χ2v) is 4.76. The molecule has 5 heteroatoms. The maximum absolute atomic E-state index is 13.1. The number of carbonyl (C=O) groups is 1. The molecule has 0 radical (unpaired) electrons. The number of Topliss-reactive ketones (excluding diaryl/α,β-unsaturated/α-hetero) is 1. The summed E-state index contributed by atoms with van der Waals surface area (Å²) in [7, 11) is 0. The molecule has 0 aromatic heterocycles. The van der Waals surface area contributed by atoms with Crippen LogP contribution in [-0.2, 0) is 6.18 Å². The topological polar surface area (TPSA) is 17.1 Å². The van der Waals surface area contributed by atoms with Crippen molar-refractivity contribution >= 4 is 5.78 Å². The van der Waals surface area contributed by atoms with Crippen LogP contribution >= 0.6 is 0 Å². The van der Waals surface area contributed by atoms with Crippen molar-refractivity contribution in [2.45, 2.75) is 33.4 Å². The summed E-state index contributed by atoms with van der Waals surface area (Å²) >= 11 is 0. The van der Waals surface area contributed by atoms with Crippen LogP contribution in [0.1, 0.15) is 43.1 Å². The van der Waals surface area contributed by atoms with Crippen LogP contribution < -0.4 is 0 Å². The lowest BCUT2D eigenvalue weighted by Crippen LogP contribution is -2.24. The molecule has 1 aromatic rings. The maximum Gasteiger partial charge on any atom is 0.419 e. The van der Waals surface area contributed by atoms with Gasteiger partial charge in [0.25, 0.3) is 0 Å². The molecule has 0 fully saturated rings. The quantitative estimate of drug-likeness (QED) is 0.580. The Labute approximate surface area is 103 Å². The highest BCUT2D eigenvalue weighted by atomic mass is 19.4. The predicted octanol–water partition coefficient (Wildman–Crippen LogP) is 4.46. The fourth-order valence-corrected chi connectivity index (χ4v) is 1.44. The second kappa shape index (κ2) is 4.71. The van der Waals surface area contributed by atoms with E-state index in [0.29, 0.717) is 18.6 Å². The number of rotatable bonds is 3. The standard InChI is InChI=1S/C13H14F4O/c1-4-12(2,3)11(18)8-5-6-10(14)9(7-8)13(15,16)17/h5-7H,4H2,1-3H3. The van der Waals surface area contributed by atoms with Gasteiger partial charge in [0, 0.05) is 11.0 Å². The van der Waals surface area contributed by atoms with Gasteiger partial charge in [0.1, 0.15) is 5.82 Å². The smallest absolute Gasteiger partial charge is 0.294 e. The van der Waals surface area contributed by atoms with Gasteiger partial charge in [0.15, 0.2) is 5.78 Å². The Balaban J connectivity index is 3.26. The summed E-state index contributed by atoms with van der Waals surface area (Å²) in [5, 5.41) is 0. The summed E-state index contributed by atoms with van der Waals surface area (Å²) in [4.78, 5) is 12.0. The highest BCUT2D eigenvalue weighted by Gasteiger charge is 2.36. The summed E-state index contributed by atoms with van der Waals surface area (Å²) < 4.78 is 50.6. The van der Waals surface area contributed by atoms with Crippen molar-refractivity contribution in [3.63, 3.8) is 0 Å². The number of hydrogen-bond donors (Lipinski definition) is 0. The van der Waals surface area contributed by atoms with Gasteiger partial charge in [-0.25, -0.2) is 4.39 Å². The van der Waals surface area contributed by atoms with Crippen LogP contribution in [0.25, 0.3) is 0 Å². The van der Waals surface area contributed by atoms with Crippen molar-refractivity contribution in [1.29, 1.82) is 0 Å². The molecule has 0 aliphatic heterocycles. The van der Waals surface area contributed by atoms with Crippen LogP contribution in [0, 0.1) is 11.2 Å². The highest BCUT2D eigenvalue weighted by Crippen LogP contribution is 2.33. The second-order valence-electron chi connectivity index (χ2n) is 4.76. The van der Waals surface area contributed by atoms with Crippen LogP contribution in [0.5, 0.6) is 0 Å².